The average Bonchev–Trinajstić information content (AvgIpc) is 3.02. The molecule has 0 unspecified atom stereocenters. The van der Waals surface area contributed by atoms with Crippen LogP contribution < -0.4 is 0 Å². The van der Waals surface area contributed by atoms with Gasteiger partial charge in [0, 0.05) is 11.8 Å². The van der Waals surface area contributed by atoms with Crippen molar-refractivity contribution in [3.05, 3.63) is 24.0 Å². The van der Waals surface area contributed by atoms with E-state index in [4.69, 9.17) is 4.74 Å². The van der Waals surface area contributed by atoms with E-state index in [1.165, 1.54) is 38.2 Å². The Hall–Kier alpha value is -1.12. The Morgan fingerprint density at radius 2 is 1.12 bits per heavy atom. The summed E-state index contributed by atoms with van der Waals surface area (Å²) in [6.45, 7) is 0. The molecule has 2 rings (SSSR count). The maximum absolute atomic E-state index is 9.75. The lowest BCUT2D eigenvalue weighted by molar-refractivity contribution is 0.260. The van der Waals surface area contributed by atoms with E-state index in [1.54, 1.807) is 0 Å². The van der Waals surface area contributed by atoms with Crippen molar-refractivity contribution >= 4 is 0 Å². The summed E-state index contributed by atoms with van der Waals surface area (Å²) in [7, 11) is 0. The third kappa shape index (κ3) is 3.42. The molecule has 96 valence electrons. The molecule has 0 heterocycles. The van der Waals surface area contributed by atoms with E-state index in [0.717, 1.165) is 25.7 Å². The number of hydrogen-bond acceptors (Lipinski definition) is 3. The number of aliphatic hydroxyl groups excluding tert-OH is 2. The molecular weight excluding hydrogens is 216 g/mol. The predicted molar refractivity (Wildman–Crippen MR) is 66.4 cm³/mol. The highest BCUT2D eigenvalue weighted by molar-refractivity contribution is 4.99. The van der Waals surface area contributed by atoms with Crippen LogP contribution in [0.25, 0.3) is 0 Å². The third-order valence-electron chi connectivity index (χ3n) is 3.92. The maximum atomic E-state index is 9.75. The molecule has 0 aromatic rings. The van der Waals surface area contributed by atoms with Gasteiger partial charge in [0.25, 0.3) is 0 Å². The molecule has 0 spiro atoms. The molecule has 0 atom stereocenters. The fourth-order valence-electron chi connectivity index (χ4n) is 2.81. The van der Waals surface area contributed by atoms with Gasteiger partial charge >= 0.3 is 0 Å². The Labute approximate surface area is 103 Å². The molecule has 2 aliphatic rings. The summed E-state index contributed by atoms with van der Waals surface area (Å²) in [4.78, 5) is 0. The summed E-state index contributed by atoms with van der Waals surface area (Å²) >= 11 is 0. The highest BCUT2D eigenvalue weighted by atomic mass is 16.5. The standard InChI is InChI=1S/C14H22O3/c15-13(11-5-1-2-6-11)9-17-10-14(16)12-7-3-4-8-12/h9-12,15-16H,1-8H2. The van der Waals surface area contributed by atoms with Gasteiger partial charge in [-0.3, -0.25) is 0 Å². The number of ether oxygens (including phenoxy) is 1. The Bertz CT molecular complexity index is 265. The molecule has 0 bridgehead atoms. The van der Waals surface area contributed by atoms with Gasteiger partial charge in [-0.15, -0.1) is 0 Å². The molecule has 0 aromatic carbocycles. The van der Waals surface area contributed by atoms with E-state index < -0.39 is 0 Å². The normalized spacial score (nSPS) is 24.5. The minimum atomic E-state index is 0.261. The van der Waals surface area contributed by atoms with Crippen LogP contribution in [0, 0.1) is 11.8 Å². The van der Waals surface area contributed by atoms with Crippen LogP contribution in [0.4, 0.5) is 0 Å². The number of aliphatic hydroxyl groups is 2. The largest absolute Gasteiger partial charge is 0.509 e. The van der Waals surface area contributed by atoms with Crippen LogP contribution in [0.3, 0.4) is 0 Å². The molecule has 2 fully saturated rings. The van der Waals surface area contributed by atoms with E-state index in [9.17, 15) is 10.2 Å². The second-order valence-electron chi connectivity index (χ2n) is 5.18. The van der Waals surface area contributed by atoms with Crippen molar-refractivity contribution < 1.29 is 14.9 Å². The summed E-state index contributed by atoms with van der Waals surface area (Å²) in [5.74, 6) is 1.16. The predicted octanol–water partition coefficient (Wildman–Crippen LogP) is 4.18. The van der Waals surface area contributed by atoms with Crippen LogP contribution in [0.2, 0.25) is 0 Å². The molecule has 17 heavy (non-hydrogen) atoms. The van der Waals surface area contributed by atoms with Crippen molar-refractivity contribution in [1.82, 2.24) is 0 Å². The van der Waals surface area contributed by atoms with E-state index in [1.807, 2.05) is 0 Å². The van der Waals surface area contributed by atoms with Crippen LogP contribution >= 0.6 is 0 Å². The van der Waals surface area contributed by atoms with E-state index in [2.05, 4.69) is 0 Å². The number of allylic oxidation sites excluding steroid dienone is 2. The van der Waals surface area contributed by atoms with Gasteiger partial charge in [0.15, 0.2) is 0 Å². The molecule has 3 heteroatoms. The first-order valence-corrected chi connectivity index (χ1v) is 6.71. The zero-order chi connectivity index (χ0) is 12.1. The zero-order valence-electron chi connectivity index (χ0n) is 10.3. The fourth-order valence-corrected chi connectivity index (χ4v) is 2.81. The minimum Gasteiger partial charge on any atom is -0.509 e. The lowest BCUT2D eigenvalue weighted by Gasteiger charge is -2.08. The summed E-state index contributed by atoms with van der Waals surface area (Å²) < 4.78 is 5.16. The summed E-state index contributed by atoms with van der Waals surface area (Å²) in [6.07, 6.45) is 11.7. The quantitative estimate of drug-likeness (QED) is 0.722. The molecule has 2 N–H and O–H groups in total. The highest BCUT2D eigenvalue weighted by Gasteiger charge is 2.20. The van der Waals surface area contributed by atoms with Gasteiger partial charge in [-0.2, -0.15) is 0 Å². The Morgan fingerprint density at radius 1 is 0.765 bits per heavy atom. The van der Waals surface area contributed by atoms with Gasteiger partial charge in [-0.25, -0.2) is 0 Å². The fraction of sp³-hybridized carbons (Fsp3) is 0.714. The van der Waals surface area contributed by atoms with Crippen molar-refractivity contribution in [1.29, 1.82) is 0 Å². The van der Waals surface area contributed by atoms with Gasteiger partial charge in [0.1, 0.15) is 24.0 Å². The molecule has 0 saturated heterocycles. The van der Waals surface area contributed by atoms with Crippen LogP contribution in [0.1, 0.15) is 51.4 Å². The lowest BCUT2D eigenvalue weighted by atomic mass is 10.1. The van der Waals surface area contributed by atoms with Crippen molar-refractivity contribution in [2.75, 3.05) is 0 Å². The second kappa shape index (κ2) is 5.99. The monoisotopic (exact) mass is 238 g/mol. The third-order valence-corrected chi connectivity index (χ3v) is 3.92. The highest BCUT2D eigenvalue weighted by Crippen LogP contribution is 2.31. The topological polar surface area (TPSA) is 49.7 Å². The molecule has 0 aromatic heterocycles. The van der Waals surface area contributed by atoms with Gasteiger partial charge in [0.2, 0.25) is 0 Å². The van der Waals surface area contributed by atoms with Crippen LogP contribution in [-0.4, -0.2) is 10.2 Å². The van der Waals surface area contributed by atoms with E-state index in [-0.39, 0.29) is 11.8 Å². The molecular formula is C14H22O3. The maximum Gasteiger partial charge on any atom is 0.130 e. The number of hydrogen-bond donors (Lipinski definition) is 2. The van der Waals surface area contributed by atoms with Crippen molar-refractivity contribution in [2.24, 2.45) is 11.8 Å². The lowest BCUT2D eigenvalue weighted by Crippen LogP contribution is -1.99. The van der Waals surface area contributed by atoms with Crippen molar-refractivity contribution in [2.45, 2.75) is 51.4 Å². The summed E-state index contributed by atoms with van der Waals surface area (Å²) in [6, 6.07) is 0. The van der Waals surface area contributed by atoms with E-state index >= 15 is 0 Å². The Morgan fingerprint density at radius 3 is 1.47 bits per heavy atom. The zero-order valence-corrected chi connectivity index (χ0v) is 10.3. The SMILES string of the molecule is OC(=COC=C(O)C1CCCC1)C1CCCC1. The average molecular weight is 238 g/mol. The Balaban J connectivity index is 1.80. The Kier molecular flexibility index (Phi) is 4.35. The molecule has 0 aliphatic heterocycles. The van der Waals surface area contributed by atoms with Crippen LogP contribution in [-0.2, 0) is 4.74 Å². The second-order valence-corrected chi connectivity index (χ2v) is 5.18. The first-order valence-electron chi connectivity index (χ1n) is 6.71. The molecule has 2 aliphatic carbocycles. The summed E-state index contributed by atoms with van der Waals surface area (Å²) in [5.41, 5.74) is 0. The van der Waals surface area contributed by atoms with Crippen molar-refractivity contribution in [3.8, 4) is 0 Å². The van der Waals surface area contributed by atoms with Gasteiger partial charge in [0.05, 0.1) is 0 Å². The van der Waals surface area contributed by atoms with E-state index in [0.29, 0.717) is 11.5 Å². The van der Waals surface area contributed by atoms with Gasteiger partial charge in [-0.05, 0) is 25.7 Å². The molecule has 0 amide bonds. The van der Waals surface area contributed by atoms with Crippen molar-refractivity contribution in [3.63, 3.8) is 0 Å². The minimum absolute atomic E-state index is 0.261. The first-order chi connectivity index (χ1) is 8.27. The summed E-state index contributed by atoms with van der Waals surface area (Å²) in [5, 5.41) is 19.5. The number of rotatable bonds is 4. The molecule has 0 radical (unpaired) electrons. The van der Waals surface area contributed by atoms with Gasteiger partial charge in [-0.1, -0.05) is 25.7 Å². The molecule has 3 nitrogen and oxygen atoms in total. The van der Waals surface area contributed by atoms with Gasteiger partial charge < -0.3 is 14.9 Å². The molecule has 2 saturated carbocycles. The van der Waals surface area contributed by atoms with Crippen LogP contribution in [0.5, 0.6) is 0 Å². The first kappa shape index (κ1) is 12.3. The smallest absolute Gasteiger partial charge is 0.130 e. The van der Waals surface area contributed by atoms with Crippen LogP contribution in [0.15, 0.2) is 24.0 Å².